The number of aromatic nitrogens is 5. The molecule has 2 aromatic carbocycles. The lowest BCUT2D eigenvalue weighted by atomic mass is 10.1. The van der Waals surface area contributed by atoms with Crippen LogP contribution in [0.4, 0.5) is 0 Å². The summed E-state index contributed by atoms with van der Waals surface area (Å²) in [5.74, 6) is 2.13. The molecule has 6 rings (SSSR count). The van der Waals surface area contributed by atoms with Crippen molar-refractivity contribution in [2.45, 2.75) is 13.5 Å². The SMILES string of the molecule is Cc1ccc(-c2noc(-c3cccn4c(=O)n(Cc5ccc6c(c5)OCO6)nc34)n2)cc1. The number of hydrogen-bond acceptors (Lipinski definition) is 7. The molecule has 0 bridgehead atoms. The number of fused-ring (bicyclic) bond motifs is 2. The summed E-state index contributed by atoms with van der Waals surface area (Å²) >= 11 is 0. The van der Waals surface area contributed by atoms with Gasteiger partial charge < -0.3 is 14.0 Å². The number of hydrogen-bond donors (Lipinski definition) is 0. The van der Waals surface area contributed by atoms with Crippen LogP contribution in [0.1, 0.15) is 11.1 Å². The van der Waals surface area contributed by atoms with Gasteiger partial charge in [0, 0.05) is 11.8 Å². The molecule has 5 aromatic rings. The first-order valence-electron chi connectivity index (χ1n) is 10.0. The quantitative estimate of drug-likeness (QED) is 0.434. The van der Waals surface area contributed by atoms with E-state index in [0.717, 1.165) is 16.7 Å². The highest BCUT2D eigenvalue weighted by Crippen LogP contribution is 2.32. The maximum Gasteiger partial charge on any atom is 0.350 e. The molecule has 4 heterocycles. The van der Waals surface area contributed by atoms with Crippen molar-refractivity contribution in [2.75, 3.05) is 6.79 Å². The Bertz CT molecular complexity index is 1510. The molecule has 0 amide bonds. The second kappa shape index (κ2) is 7.09. The van der Waals surface area contributed by atoms with Gasteiger partial charge in [0.25, 0.3) is 5.89 Å². The average molecular weight is 427 g/mol. The fourth-order valence-corrected chi connectivity index (χ4v) is 3.67. The summed E-state index contributed by atoms with van der Waals surface area (Å²) < 4.78 is 19.1. The fraction of sp³-hybridized carbons (Fsp3) is 0.130. The minimum absolute atomic E-state index is 0.200. The van der Waals surface area contributed by atoms with Gasteiger partial charge in [0.15, 0.2) is 17.1 Å². The van der Waals surface area contributed by atoms with Crippen LogP contribution in [0.5, 0.6) is 11.5 Å². The van der Waals surface area contributed by atoms with Crippen LogP contribution in [0.25, 0.3) is 28.5 Å². The highest BCUT2D eigenvalue weighted by molar-refractivity contribution is 5.72. The predicted octanol–water partition coefficient (Wildman–Crippen LogP) is 3.30. The van der Waals surface area contributed by atoms with Crippen molar-refractivity contribution in [3.63, 3.8) is 0 Å². The average Bonchev–Trinajstić information content (AvgIpc) is 3.54. The van der Waals surface area contributed by atoms with Crippen molar-refractivity contribution < 1.29 is 14.0 Å². The second-order valence-corrected chi connectivity index (χ2v) is 7.53. The van der Waals surface area contributed by atoms with Gasteiger partial charge in [0.1, 0.15) is 0 Å². The lowest BCUT2D eigenvalue weighted by molar-refractivity contribution is 0.174. The molecule has 32 heavy (non-hydrogen) atoms. The Morgan fingerprint density at radius 1 is 1.03 bits per heavy atom. The van der Waals surface area contributed by atoms with Crippen LogP contribution in [-0.2, 0) is 6.54 Å². The number of nitrogens with zero attached hydrogens (tertiary/aromatic N) is 5. The summed E-state index contributed by atoms with van der Waals surface area (Å²) in [4.78, 5) is 17.5. The van der Waals surface area contributed by atoms with Crippen molar-refractivity contribution in [1.82, 2.24) is 24.3 Å². The topological polar surface area (TPSA) is 96.7 Å². The number of benzene rings is 2. The molecular weight excluding hydrogens is 410 g/mol. The van der Waals surface area contributed by atoms with Crippen molar-refractivity contribution in [2.24, 2.45) is 0 Å². The van der Waals surface area contributed by atoms with E-state index < -0.39 is 0 Å². The van der Waals surface area contributed by atoms with Crippen LogP contribution in [0, 0.1) is 6.92 Å². The van der Waals surface area contributed by atoms with E-state index in [1.54, 1.807) is 18.3 Å². The molecule has 0 radical (unpaired) electrons. The normalized spacial score (nSPS) is 12.5. The van der Waals surface area contributed by atoms with Gasteiger partial charge in [-0.2, -0.15) is 4.98 Å². The molecule has 0 aliphatic carbocycles. The maximum absolute atomic E-state index is 12.9. The van der Waals surface area contributed by atoms with E-state index >= 15 is 0 Å². The first-order chi connectivity index (χ1) is 15.7. The van der Waals surface area contributed by atoms with Gasteiger partial charge in [-0.05, 0) is 36.8 Å². The summed E-state index contributed by atoms with van der Waals surface area (Å²) in [5, 5.41) is 8.63. The van der Waals surface area contributed by atoms with Gasteiger partial charge in [-0.25, -0.2) is 13.9 Å². The van der Waals surface area contributed by atoms with Gasteiger partial charge in [-0.3, -0.25) is 0 Å². The Morgan fingerprint density at radius 3 is 2.75 bits per heavy atom. The van der Waals surface area contributed by atoms with E-state index in [-0.39, 0.29) is 19.0 Å². The summed E-state index contributed by atoms with van der Waals surface area (Å²) in [5.41, 5.74) is 3.63. The van der Waals surface area contributed by atoms with Crippen LogP contribution in [0.3, 0.4) is 0 Å². The third-order valence-corrected chi connectivity index (χ3v) is 5.34. The number of aryl methyl sites for hydroxylation is 1. The highest BCUT2D eigenvalue weighted by Gasteiger charge is 2.19. The molecule has 9 nitrogen and oxygen atoms in total. The summed E-state index contributed by atoms with van der Waals surface area (Å²) in [6.45, 7) is 2.50. The summed E-state index contributed by atoms with van der Waals surface area (Å²) in [6.07, 6.45) is 1.67. The van der Waals surface area contributed by atoms with Gasteiger partial charge in [-0.15, -0.1) is 5.10 Å². The molecule has 0 unspecified atom stereocenters. The minimum Gasteiger partial charge on any atom is -0.454 e. The Morgan fingerprint density at radius 2 is 1.88 bits per heavy atom. The minimum atomic E-state index is -0.266. The molecule has 0 saturated heterocycles. The standard InChI is InChI=1S/C23H17N5O4/c1-14-4-7-16(8-5-14)20-24-22(32-26-20)17-3-2-10-27-21(17)25-28(23(27)29)12-15-6-9-18-19(11-15)31-13-30-18/h2-11H,12-13H2,1H3. The summed E-state index contributed by atoms with van der Waals surface area (Å²) in [6, 6.07) is 17.0. The van der Waals surface area contributed by atoms with Gasteiger partial charge >= 0.3 is 5.69 Å². The molecule has 0 atom stereocenters. The Labute approximate surface area is 181 Å². The van der Waals surface area contributed by atoms with Crippen molar-refractivity contribution >= 4 is 5.65 Å². The summed E-state index contributed by atoms with van der Waals surface area (Å²) in [7, 11) is 0. The van der Waals surface area contributed by atoms with E-state index in [0.29, 0.717) is 34.4 Å². The largest absolute Gasteiger partial charge is 0.454 e. The van der Waals surface area contributed by atoms with Crippen LogP contribution in [0.2, 0.25) is 0 Å². The Balaban J connectivity index is 1.38. The first-order valence-corrected chi connectivity index (χ1v) is 10.0. The third-order valence-electron chi connectivity index (χ3n) is 5.34. The molecule has 0 fully saturated rings. The van der Waals surface area contributed by atoms with E-state index in [4.69, 9.17) is 14.0 Å². The number of rotatable bonds is 4. The second-order valence-electron chi connectivity index (χ2n) is 7.53. The Hall–Kier alpha value is -4.40. The molecule has 9 heteroatoms. The van der Waals surface area contributed by atoms with Gasteiger partial charge in [0.05, 0.1) is 12.1 Å². The van der Waals surface area contributed by atoms with Crippen molar-refractivity contribution in [3.8, 4) is 34.3 Å². The molecule has 0 N–H and O–H groups in total. The van der Waals surface area contributed by atoms with Crippen LogP contribution in [0.15, 0.2) is 70.1 Å². The predicted molar refractivity (Wildman–Crippen MR) is 115 cm³/mol. The Kier molecular flexibility index (Phi) is 4.07. The van der Waals surface area contributed by atoms with Crippen LogP contribution in [-0.4, -0.2) is 31.1 Å². The smallest absolute Gasteiger partial charge is 0.350 e. The lowest BCUT2D eigenvalue weighted by Crippen LogP contribution is -2.21. The molecule has 1 aliphatic rings. The van der Waals surface area contributed by atoms with E-state index in [1.807, 2.05) is 49.4 Å². The monoisotopic (exact) mass is 427 g/mol. The van der Waals surface area contributed by atoms with Crippen molar-refractivity contribution in [1.29, 1.82) is 0 Å². The molecular formula is C23H17N5O4. The van der Waals surface area contributed by atoms with Gasteiger partial charge in [0.2, 0.25) is 12.6 Å². The zero-order chi connectivity index (χ0) is 21.7. The number of pyridine rings is 1. The highest BCUT2D eigenvalue weighted by atomic mass is 16.7. The molecule has 158 valence electrons. The molecule has 0 spiro atoms. The molecule has 3 aromatic heterocycles. The zero-order valence-corrected chi connectivity index (χ0v) is 17.1. The third kappa shape index (κ3) is 3.02. The van der Waals surface area contributed by atoms with E-state index in [2.05, 4.69) is 15.2 Å². The van der Waals surface area contributed by atoms with E-state index in [9.17, 15) is 4.79 Å². The number of ether oxygens (including phenoxy) is 2. The maximum atomic E-state index is 12.9. The lowest BCUT2D eigenvalue weighted by Gasteiger charge is -2.02. The van der Waals surface area contributed by atoms with Crippen molar-refractivity contribution in [3.05, 3.63) is 82.4 Å². The first kappa shape index (κ1) is 18.4. The molecule has 0 saturated carbocycles. The molecule has 1 aliphatic heterocycles. The van der Waals surface area contributed by atoms with Crippen LogP contribution >= 0.6 is 0 Å². The van der Waals surface area contributed by atoms with Gasteiger partial charge in [-0.1, -0.05) is 41.1 Å². The fourth-order valence-electron chi connectivity index (χ4n) is 3.67. The van der Waals surface area contributed by atoms with Crippen LogP contribution < -0.4 is 15.2 Å². The van der Waals surface area contributed by atoms with E-state index in [1.165, 1.54) is 9.08 Å². The zero-order valence-electron chi connectivity index (χ0n) is 17.1.